The molecule has 15 rings (SSSR count). The van der Waals surface area contributed by atoms with E-state index in [9.17, 15) is 0 Å². The van der Waals surface area contributed by atoms with Crippen molar-refractivity contribution in [1.82, 2.24) is 40.0 Å². The molecule has 0 fully saturated rings. The fourth-order valence-electron chi connectivity index (χ4n) is 16.3. The van der Waals surface area contributed by atoms with E-state index < -0.39 is 10.8 Å². The third kappa shape index (κ3) is 17.9. The van der Waals surface area contributed by atoms with Gasteiger partial charge >= 0.3 is 0 Å². The normalized spacial score (nSPS) is 12.6. The summed E-state index contributed by atoms with van der Waals surface area (Å²) in [5.41, 5.74) is 22.8. The van der Waals surface area contributed by atoms with Crippen LogP contribution >= 0.6 is 0 Å². The molecular formula is C108H114N8O4. The minimum Gasteiger partial charge on any atom is -0.492 e. The first kappa shape index (κ1) is 82.8. The molecule has 11 aromatic carbocycles. The van der Waals surface area contributed by atoms with Crippen molar-refractivity contribution in [3.8, 4) is 45.5 Å². The van der Waals surface area contributed by atoms with Gasteiger partial charge in [0.15, 0.2) is 0 Å². The average molecular weight is 1590 g/mol. The van der Waals surface area contributed by atoms with Crippen molar-refractivity contribution in [2.24, 2.45) is 0 Å². The van der Waals surface area contributed by atoms with E-state index in [1.165, 1.54) is 66.8 Å². The van der Waals surface area contributed by atoms with Gasteiger partial charge in [0.25, 0.3) is 0 Å². The Kier molecular flexibility index (Phi) is 22.9. The monoisotopic (exact) mass is 1590 g/mol. The third-order valence-electron chi connectivity index (χ3n) is 23.6. The van der Waals surface area contributed by atoms with Crippen LogP contribution in [0.3, 0.4) is 0 Å². The smallest absolute Gasteiger partial charge is 0.134 e. The van der Waals surface area contributed by atoms with Crippen LogP contribution < -0.4 is 18.9 Å². The highest BCUT2D eigenvalue weighted by molar-refractivity contribution is 6.04. The Morgan fingerprint density at radius 3 is 0.683 bits per heavy atom. The van der Waals surface area contributed by atoms with Crippen molar-refractivity contribution in [2.45, 2.75) is 194 Å². The van der Waals surface area contributed by atoms with Gasteiger partial charge in [-0.25, -0.2) is 19.3 Å². The summed E-state index contributed by atoms with van der Waals surface area (Å²) in [5.74, 6) is 2.98. The number of ether oxygens (including phenoxy) is 4. The van der Waals surface area contributed by atoms with E-state index in [4.69, 9.17) is 28.9 Å². The lowest BCUT2D eigenvalue weighted by Gasteiger charge is -2.38. The molecule has 120 heavy (non-hydrogen) atoms. The largest absolute Gasteiger partial charge is 0.492 e. The highest BCUT2D eigenvalue weighted by Crippen LogP contribution is 2.50. The van der Waals surface area contributed by atoms with Crippen LogP contribution in [0, 0.1) is 0 Å². The highest BCUT2D eigenvalue weighted by atomic mass is 16.5. The second kappa shape index (κ2) is 33.1. The van der Waals surface area contributed by atoms with E-state index in [0.717, 1.165) is 89.8 Å². The molecule has 4 heterocycles. The van der Waals surface area contributed by atoms with Gasteiger partial charge in [0.05, 0.1) is 58.7 Å². The first-order valence-electron chi connectivity index (χ1n) is 42.2. The number of rotatable bonds is 24. The van der Waals surface area contributed by atoms with E-state index in [0.29, 0.717) is 26.3 Å². The fourth-order valence-corrected chi connectivity index (χ4v) is 16.3. The number of aromatic nitrogens is 8. The van der Waals surface area contributed by atoms with Crippen molar-refractivity contribution in [3.63, 3.8) is 0 Å². The summed E-state index contributed by atoms with van der Waals surface area (Å²) in [6.45, 7) is 43.2. The Morgan fingerprint density at radius 2 is 0.442 bits per heavy atom. The first-order chi connectivity index (χ1) is 57.2. The molecule has 15 aromatic rings. The summed E-state index contributed by atoms with van der Waals surface area (Å²) in [6, 6.07) is 102. The molecule has 12 nitrogen and oxygen atoms in total. The quantitative estimate of drug-likeness (QED) is 0.0427. The van der Waals surface area contributed by atoms with Gasteiger partial charge in [0.2, 0.25) is 0 Å². The molecule has 0 saturated carbocycles. The summed E-state index contributed by atoms with van der Waals surface area (Å²) in [7, 11) is 0. The Balaban J connectivity index is 0.555. The topological polar surface area (TPSA) is 124 Å². The maximum atomic E-state index is 6.45. The molecule has 0 N–H and O–H groups in total. The van der Waals surface area contributed by atoms with E-state index in [1.54, 1.807) is 9.36 Å². The Bertz CT molecular complexity index is 5360. The van der Waals surface area contributed by atoms with Gasteiger partial charge in [-0.15, -0.1) is 10.2 Å². The molecule has 0 atom stereocenters. The summed E-state index contributed by atoms with van der Waals surface area (Å²) in [4.78, 5) is 10.5. The zero-order valence-electron chi connectivity index (χ0n) is 73.2. The van der Waals surface area contributed by atoms with Gasteiger partial charge in [0.1, 0.15) is 60.8 Å². The molecular weight excluding hydrogens is 1470 g/mol. The molecule has 0 bridgehead atoms. The zero-order chi connectivity index (χ0) is 84.6. The van der Waals surface area contributed by atoms with E-state index in [1.807, 2.05) is 60.9 Å². The molecule has 0 saturated heterocycles. The van der Waals surface area contributed by atoms with Crippen LogP contribution in [0.25, 0.3) is 44.3 Å². The molecule has 0 spiro atoms. The molecule has 12 heteroatoms. The third-order valence-corrected chi connectivity index (χ3v) is 23.6. The van der Waals surface area contributed by atoms with Crippen LogP contribution in [0.4, 0.5) is 0 Å². The Hall–Kier alpha value is -12.3. The molecule has 4 aromatic heterocycles. The summed E-state index contributed by atoms with van der Waals surface area (Å²) in [6.07, 6.45) is 3.84. The zero-order valence-corrected chi connectivity index (χ0v) is 73.2. The lowest BCUT2D eigenvalue weighted by molar-refractivity contribution is 0.289. The van der Waals surface area contributed by atoms with Gasteiger partial charge < -0.3 is 18.9 Å². The van der Waals surface area contributed by atoms with E-state index in [2.05, 4.69) is 376 Å². The maximum Gasteiger partial charge on any atom is 0.134 e. The number of hydrogen-bond donors (Lipinski definition) is 0. The van der Waals surface area contributed by atoms with Gasteiger partial charge in [0, 0.05) is 21.9 Å². The van der Waals surface area contributed by atoms with Crippen molar-refractivity contribution in [2.75, 3.05) is 13.2 Å². The Morgan fingerprint density at radius 1 is 0.233 bits per heavy atom. The van der Waals surface area contributed by atoms with Gasteiger partial charge in [-0.2, -0.15) is 0 Å². The minimum atomic E-state index is -0.629. The van der Waals surface area contributed by atoms with Crippen LogP contribution in [0.2, 0.25) is 0 Å². The van der Waals surface area contributed by atoms with E-state index in [-0.39, 0.29) is 45.7 Å². The SMILES string of the molecule is CC(C)(C)c1ccc(C(c2ccc(OCc3cn(CCOc4ccc(-c5ccc6ccc7ccc(-c8ccc(OCCn9cc(COc%10ccc(C(c%11ccc(C(C)(C)C)cc%11)(c%11ccc(C(C)(C)C)cc%11)c%11ccc(C(C)(C)C)cc%11)cc%10)nn9)cc8)nc7c6n5)cc4)nn3)cc2)(c2ccc(C(C)(C)C)cc2)c2ccc(C(C)(C)C)cc2)cc1. The van der Waals surface area contributed by atoms with Crippen molar-refractivity contribution >= 4 is 21.8 Å². The van der Waals surface area contributed by atoms with Gasteiger partial charge in [-0.1, -0.05) is 329 Å². The minimum absolute atomic E-state index is 0.00903. The molecule has 0 aliphatic carbocycles. The van der Waals surface area contributed by atoms with Crippen LogP contribution in [-0.2, 0) is 69.6 Å². The predicted octanol–water partition coefficient (Wildman–Crippen LogP) is 25.2. The van der Waals surface area contributed by atoms with Crippen LogP contribution in [0.5, 0.6) is 23.0 Å². The van der Waals surface area contributed by atoms with Gasteiger partial charge in [-0.3, -0.25) is 0 Å². The summed E-state index contributed by atoms with van der Waals surface area (Å²) < 4.78 is 29.0. The molecule has 0 amide bonds. The van der Waals surface area contributed by atoms with Crippen LogP contribution in [-0.4, -0.2) is 53.2 Å². The second-order valence-corrected chi connectivity index (χ2v) is 38.4. The van der Waals surface area contributed by atoms with Crippen LogP contribution in [0.1, 0.15) is 214 Å². The fraction of sp³-hybridized carbons (Fsp3) is 0.296. The lowest BCUT2D eigenvalue weighted by Crippen LogP contribution is -2.31. The molecule has 0 radical (unpaired) electrons. The maximum absolute atomic E-state index is 6.45. The lowest BCUT2D eigenvalue weighted by atomic mass is 9.64. The highest BCUT2D eigenvalue weighted by Gasteiger charge is 2.42. The second-order valence-electron chi connectivity index (χ2n) is 38.4. The van der Waals surface area contributed by atoms with Crippen molar-refractivity contribution in [1.29, 1.82) is 0 Å². The summed E-state index contributed by atoms with van der Waals surface area (Å²) >= 11 is 0. The van der Waals surface area contributed by atoms with Gasteiger partial charge in [-0.05, 0) is 195 Å². The predicted molar refractivity (Wildman–Crippen MR) is 489 cm³/mol. The van der Waals surface area contributed by atoms with Crippen molar-refractivity contribution < 1.29 is 18.9 Å². The van der Waals surface area contributed by atoms with Crippen molar-refractivity contribution in [3.05, 3.63) is 381 Å². The Labute approximate surface area is 710 Å². The standard InChI is InChI=1S/C108H114N8O4/c1-101(2,3)77-27-39-83(40-28-77)107(84-41-29-78(30-42-84)102(4,5)6,85-43-31-79(32-44-85)103(7,8)9)89-51-59-95(60-52-89)119-71-91-69-115(113-111-91)65-67-117-93-55-21-73(22-56-93)97-63-25-75-19-20-76-26-64-98(110-100(76)99(75)109-97)74-23-57-94(58-24-74)118-68-66-116-70-92(112-114-116)72-120-96-61-53-90(54-62-96)108(86-45-33-80(34-46-86)104(10,11)12,87-47-35-81(36-48-87)105(13,14)15)88-49-37-82(38-50-88)106(16,17)18/h19-64,69-70H,65-68,71-72H2,1-18H3. The molecule has 0 aliphatic rings. The molecule has 0 unspecified atom stereocenters. The van der Waals surface area contributed by atoms with Crippen LogP contribution in [0.15, 0.2) is 291 Å². The average Bonchev–Trinajstić information content (AvgIpc) is 0.762. The molecule has 610 valence electrons. The molecule has 0 aliphatic heterocycles. The van der Waals surface area contributed by atoms with E-state index >= 15 is 0 Å². The number of pyridine rings is 2. The summed E-state index contributed by atoms with van der Waals surface area (Å²) in [5, 5.41) is 19.8. The number of nitrogens with zero attached hydrogens (tertiary/aromatic N) is 8. The number of fused-ring (bicyclic) bond motifs is 3. The number of benzene rings is 11. The first-order valence-corrected chi connectivity index (χ1v) is 42.2. The number of hydrogen-bond acceptors (Lipinski definition) is 10.